The summed E-state index contributed by atoms with van der Waals surface area (Å²) in [7, 11) is 3.21. The average molecular weight is 649 g/mol. The number of ether oxygens (including phenoxy) is 4. The number of carbonyl (C=O) groups excluding carboxylic acids is 2. The lowest BCUT2D eigenvalue weighted by Crippen LogP contribution is -2.60. The van der Waals surface area contributed by atoms with E-state index in [0.717, 1.165) is 16.7 Å². The Labute approximate surface area is 279 Å². The largest absolute Gasteiger partial charge is 0.497 e. The molecule has 4 aromatic rings. The molecular formula is C38H38N3O7+. The van der Waals surface area contributed by atoms with Gasteiger partial charge in [-0.2, -0.15) is 0 Å². The molecule has 2 aliphatic heterocycles. The number of hydrogen-bond acceptors (Lipinski definition) is 8. The van der Waals surface area contributed by atoms with Crippen molar-refractivity contribution in [3.8, 4) is 11.5 Å². The van der Waals surface area contributed by atoms with Gasteiger partial charge in [-0.05, 0) is 60.0 Å². The molecule has 10 heteroatoms. The van der Waals surface area contributed by atoms with Gasteiger partial charge in [-0.3, -0.25) is 0 Å². The van der Waals surface area contributed by atoms with Crippen LogP contribution in [0.15, 0.2) is 126 Å². The minimum Gasteiger partial charge on any atom is -0.497 e. The second-order valence-corrected chi connectivity index (χ2v) is 11.8. The van der Waals surface area contributed by atoms with Crippen molar-refractivity contribution in [2.45, 2.75) is 37.4 Å². The summed E-state index contributed by atoms with van der Waals surface area (Å²) in [6, 6.07) is 32.6. The predicted octanol–water partition coefficient (Wildman–Crippen LogP) is 5.54. The van der Waals surface area contributed by atoms with Gasteiger partial charge < -0.3 is 29.8 Å². The molecule has 0 saturated carbocycles. The quantitative estimate of drug-likeness (QED) is 0.169. The highest BCUT2D eigenvalue weighted by Crippen LogP contribution is 2.43. The van der Waals surface area contributed by atoms with Gasteiger partial charge in [0.05, 0.1) is 38.9 Å². The molecule has 1 fully saturated rings. The Morgan fingerprint density at radius 3 is 1.94 bits per heavy atom. The smallest absolute Gasteiger partial charge is 0.459 e. The highest BCUT2D eigenvalue weighted by molar-refractivity contribution is 6.07. The molecule has 6 rings (SSSR count). The number of amidine groups is 1. The number of nitrogens with zero attached hydrogens (tertiary/aromatic N) is 2. The van der Waals surface area contributed by atoms with Gasteiger partial charge >= 0.3 is 11.9 Å². The van der Waals surface area contributed by atoms with Crippen LogP contribution in [0.5, 0.6) is 11.5 Å². The molecule has 0 aliphatic carbocycles. The molecule has 1 saturated heterocycles. The standard InChI is InChI=1S/C38H37N3O7/c1-25-23-41(37(44)40-35(25)39,36(43)26-10-6-4-7-11-26)34-22-32(42)33(48-34)24-47-38(27-12-8-5-9-13-27,28-14-18-30(45-2)19-15-28)29-16-20-31(46-3)21-17-29/h4-21,23,32-34,42H,22,24H2,1-3H3,(H-,39,40,44)/p+1/t32-,33+,34+,41?/m0/s1. The van der Waals surface area contributed by atoms with E-state index in [1.54, 1.807) is 51.5 Å². The van der Waals surface area contributed by atoms with E-state index in [1.807, 2.05) is 78.9 Å². The van der Waals surface area contributed by atoms with E-state index in [0.29, 0.717) is 22.6 Å². The number of quaternary nitrogens is 1. The van der Waals surface area contributed by atoms with Crippen LogP contribution in [0, 0.1) is 0 Å². The molecule has 2 heterocycles. The van der Waals surface area contributed by atoms with Crippen molar-refractivity contribution in [1.29, 1.82) is 0 Å². The van der Waals surface area contributed by atoms with Gasteiger partial charge in [0.2, 0.25) is 6.23 Å². The molecule has 3 N–H and O–H groups in total. The van der Waals surface area contributed by atoms with Crippen molar-refractivity contribution in [3.05, 3.63) is 143 Å². The summed E-state index contributed by atoms with van der Waals surface area (Å²) in [5.74, 6) is 0.857. The van der Waals surface area contributed by atoms with E-state index < -0.39 is 40.5 Å². The van der Waals surface area contributed by atoms with Gasteiger partial charge in [0.15, 0.2) is 0 Å². The molecule has 10 nitrogen and oxygen atoms in total. The molecule has 0 radical (unpaired) electrons. The van der Waals surface area contributed by atoms with E-state index in [9.17, 15) is 14.7 Å². The highest BCUT2D eigenvalue weighted by atomic mass is 16.6. The Kier molecular flexibility index (Phi) is 9.25. The molecule has 0 aromatic heterocycles. The van der Waals surface area contributed by atoms with Gasteiger partial charge in [-0.15, -0.1) is 9.48 Å². The van der Waals surface area contributed by atoms with Crippen LogP contribution < -0.4 is 15.2 Å². The van der Waals surface area contributed by atoms with Crippen LogP contribution in [-0.4, -0.2) is 66.6 Å². The molecule has 1 unspecified atom stereocenters. The van der Waals surface area contributed by atoms with Crippen molar-refractivity contribution < 1.29 is 38.1 Å². The van der Waals surface area contributed by atoms with E-state index >= 15 is 0 Å². The molecule has 0 bridgehead atoms. The van der Waals surface area contributed by atoms with Gasteiger partial charge in [0, 0.05) is 5.57 Å². The summed E-state index contributed by atoms with van der Waals surface area (Å²) in [6.45, 7) is 1.59. The third-order valence-corrected chi connectivity index (χ3v) is 8.99. The maximum absolute atomic E-state index is 14.1. The Morgan fingerprint density at radius 2 is 1.40 bits per heavy atom. The third kappa shape index (κ3) is 5.80. The highest BCUT2D eigenvalue weighted by Gasteiger charge is 2.58. The van der Waals surface area contributed by atoms with Crippen LogP contribution >= 0.6 is 0 Å². The minimum atomic E-state index is -1.16. The number of benzene rings is 4. The van der Waals surface area contributed by atoms with Crippen molar-refractivity contribution in [2.75, 3.05) is 20.8 Å². The Balaban J connectivity index is 1.39. The number of hydrogen-bond donors (Lipinski definition) is 2. The third-order valence-electron chi connectivity index (χ3n) is 8.99. The van der Waals surface area contributed by atoms with E-state index in [1.165, 1.54) is 6.20 Å². The summed E-state index contributed by atoms with van der Waals surface area (Å²) in [4.78, 5) is 31.9. The van der Waals surface area contributed by atoms with E-state index in [2.05, 4.69) is 4.99 Å². The first kappa shape index (κ1) is 32.8. The van der Waals surface area contributed by atoms with Crippen LogP contribution in [-0.2, 0) is 15.1 Å². The van der Waals surface area contributed by atoms with Crippen LogP contribution in [0.4, 0.5) is 4.79 Å². The first-order valence-electron chi connectivity index (χ1n) is 15.6. The number of urea groups is 1. The molecule has 3 amide bonds. The van der Waals surface area contributed by atoms with Gasteiger partial charge in [0.1, 0.15) is 35.2 Å². The molecule has 2 aliphatic rings. The predicted molar refractivity (Wildman–Crippen MR) is 179 cm³/mol. The first-order valence-corrected chi connectivity index (χ1v) is 15.6. The number of aliphatic imine (C=N–C) groups is 1. The molecule has 4 aromatic carbocycles. The molecule has 0 spiro atoms. The van der Waals surface area contributed by atoms with Gasteiger partial charge in [-0.1, -0.05) is 72.8 Å². The van der Waals surface area contributed by atoms with Crippen molar-refractivity contribution in [3.63, 3.8) is 0 Å². The number of aliphatic hydroxyl groups excluding tert-OH is 1. The normalized spacial score (nSPS) is 22.5. The number of imide groups is 1. The first-order chi connectivity index (χ1) is 23.2. The fraction of sp³-hybridized carbons (Fsp3) is 0.237. The Morgan fingerprint density at radius 1 is 0.875 bits per heavy atom. The summed E-state index contributed by atoms with van der Waals surface area (Å²) >= 11 is 0. The molecule has 4 atom stereocenters. The summed E-state index contributed by atoms with van der Waals surface area (Å²) < 4.78 is 23.4. The van der Waals surface area contributed by atoms with Crippen LogP contribution in [0.2, 0.25) is 0 Å². The summed E-state index contributed by atoms with van der Waals surface area (Å²) in [6.07, 6.45) is -1.62. The lowest BCUT2D eigenvalue weighted by atomic mass is 9.80. The zero-order valence-corrected chi connectivity index (χ0v) is 27.0. The van der Waals surface area contributed by atoms with Gasteiger partial charge in [0.25, 0.3) is 0 Å². The lowest BCUT2D eigenvalue weighted by Gasteiger charge is -2.37. The topological polar surface area (TPSA) is 130 Å². The maximum atomic E-state index is 14.1. The molecule has 246 valence electrons. The number of methoxy groups -OCH3 is 2. The number of rotatable bonds is 10. The monoisotopic (exact) mass is 648 g/mol. The summed E-state index contributed by atoms with van der Waals surface area (Å²) in [5.41, 5.74) is 8.03. The van der Waals surface area contributed by atoms with Crippen molar-refractivity contribution in [2.24, 2.45) is 10.7 Å². The molecule has 48 heavy (non-hydrogen) atoms. The lowest BCUT2D eigenvalue weighted by molar-refractivity contribution is -0.771. The van der Waals surface area contributed by atoms with Crippen molar-refractivity contribution in [1.82, 2.24) is 0 Å². The van der Waals surface area contributed by atoms with E-state index in [4.69, 9.17) is 24.7 Å². The maximum Gasteiger partial charge on any atom is 0.459 e. The SMILES string of the molecule is COc1ccc(C(OC[C@H]2O[C@@H]([N+]3(C(=O)c4ccccc4)C=C(C)C(N)=NC3=O)C[C@@H]2O)(c2ccccc2)c2ccc(OC)cc2)cc1. The average Bonchev–Trinajstić information content (AvgIpc) is 3.51. The summed E-state index contributed by atoms with van der Waals surface area (Å²) in [5, 5.41) is 11.5. The fourth-order valence-corrected chi connectivity index (χ4v) is 6.38. The van der Waals surface area contributed by atoms with Crippen LogP contribution in [0.3, 0.4) is 0 Å². The minimum absolute atomic E-state index is 0.0268. The number of carbonyl (C=O) groups is 2. The molecular weight excluding hydrogens is 610 g/mol. The zero-order valence-electron chi connectivity index (χ0n) is 27.0. The Bertz CT molecular complexity index is 1780. The second kappa shape index (κ2) is 13.5. The zero-order chi connectivity index (χ0) is 33.9. The van der Waals surface area contributed by atoms with Crippen LogP contribution in [0.1, 0.15) is 40.4 Å². The fourth-order valence-electron chi connectivity index (χ4n) is 6.38. The van der Waals surface area contributed by atoms with E-state index in [-0.39, 0.29) is 18.9 Å². The number of nitrogens with two attached hydrogens (primary N) is 1. The number of amides is 3. The van der Waals surface area contributed by atoms with Gasteiger partial charge in [-0.25, -0.2) is 9.59 Å². The van der Waals surface area contributed by atoms with Crippen LogP contribution in [0.25, 0.3) is 0 Å². The van der Waals surface area contributed by atoms with Crippen molar-refractivity contribution >= 4 is 17.8 Å². The second-order valence-electron chi connectivity index (χ2n) is 11.8. The Hall–Kier alpha value is -5.13. The number of aliphatic hydroxyl groups is 1.